The van der Waals surface area contributed by atoms with Crippen molar-refractivity contribution in [2.45, 2.75) is 33.6 Å². The van der Waals surface area contributed by atoms with E-state index in [2.05, 4.69) is 4.98 Å². The van der Waals surface area contributed by atoms with E-state index in [-0.39, 0.29) is 6.42 Å². The summed E-state index contributed by atoms with van der Waals surface area (Å²) in [6.45, 7) is 6.04. The summed E-state index contributed by atoms with van der Waals surface area (Å²) in [5.41, 5.74) is 3.36. The van der Waals surface area contributed by atoms with Gasteiger partial charge in [0.1, 0.15) is 0 Å². The minimum atomic E-state index is -0.752. The molecule has 3 heteroatoms. The lowest BCUT2D eigenvalue weighted by molar-refractivity contribution is -0.136. The Morgan fingerprint density at radius 2 is 2.06 bits per heavy atom. The van der Waals surface area contributed by atoms with E-state index in [0.29, 0.717) is 6.42 Å². The molecule has 0 aliphatic carbocycles. The fourth-order valence-corrected chi connectivity index (χ4v) is 1.89. The van der Waals surface area contributed by atoms with Crippen LogP contribution in [0.3, 0.4) is 0 Å². The Balaban J connectivity index is 0.000000686. The van der Waals surface area contributed by atoms with Crippen LogP contribution >= 0.6 is 0 Å². The molecule has 0 saturated carbocycles. The largest absolute Gasteiger partial charge is 0.481 e. The monoisotopic (exact) mass is 233 g/mol. The van der Waals surface area contributed by atoms with Crippen LogP contribution < -0.4 is 0 Å². The first-order valence-electron chi connectivity index (χ1n) is 5.96. The van der Waals surface area contributed by atoms with Crippen molar-refractivity contribution in [3.8, 4) is 0 Å². The number of aromatic nitrogens is 1. The van der Waals surface area contributed by atoms with Crippen LogP contribution in [0.15, 0.2) is 24.4 Å². The van der Waals surface area contributed by atoms with Gasteiger partial charge in [-0.25, -0.2) is 0 Å². The van der Waals surface area contributed by atoms with Crippen molar-refractivity contribution in [2.24, 2.45) is 0 Å². The third kappa shape index (κ3) is 3.09. The molecular formula is C14H19NO2. The molecule has 0 radical (unpaired) electrons. The van der Waals surface area contributed by atoms with Crippen LogP contribution in [0.1, 0.15) is 31.4 Å². The molecule has 1 heterocycles. The lowest BCUT2D eigenvalue weighted by Gasteiger charge is -1.99. The number of carboxylic acid groups (broad SMARTS) is 1. The number of aryl methyl sites for hydroxylation is 2. The molecule has 0 amide bonds. The van der Waals surface area contributed by atoms with Gasteiger partial charge in [0.05, 0.1) is 0 Å². The van der Waals surface area contributed by atoms with Crippen LogP contribution in [-0.2, 0) is 11.2 Å². The van der Waals surface area contributed by atoms with Crippen molar-refractivity contribution < 1.29 is 9.90 Å². The highest BCUT2D eigenvalue weighted by atomic mass is 16.4. The van der Waals surface area contributed by atoms with E-state index in [1.54, 1.807) is 0 Å². The number of carbonyl (C=O) groups is 1. The number of aromatic amines is 1. The molecule has 0 saturated heterocycles. The Bertz CT molecular complexity index is 500. The van der Waals surface area contributed by atoms with Gasteiger partial charge in [-0.3, -0.25) is 4.79 Å². The number of benzene rings is 1. The molecule has 0 fully saturated rings. The normalized spacial score (nSPS) is 9.82. The molecule has 1 aromatic heterocycles. The first kappa shape index (κ1) is 13.3. The maximum Gasteiger partial charge on any atom is 0.303 e. The Morgan fingerprint density at radius 1 is 1.35 bits per heavy atom. The van der Waals surface area contributed by atoms with Crippen LogP contribution in [0.4, 0.5) is 0 Å². The highest BCUT2D eigenvalue weighted by molar-refractivity contribution is 5.86. The number of H-pyrrole nitrogens is 1. The van der Waals surface area contributed by atoms with Crippen LogP contribution in [0, 0.1) is 6.92 Å². The molecule has 2 aromatic rings. The molecule has 0 unspecified atom stereocenters. The smallest absolute Gasteiger partial charge is 0.303 e. The highest BCUT2D eigenvalue weighted by Crippen LogP contribution is 2.22. The summed E-state index contributed by atoms with van der Waals surface area (Å²) >= 11 is 0. The van der Waals surface area contributed by atoms with E-state index in [4.69, 9.17) is 5.11 Å². The predicted molar refractivity (Wildman–Crippen MR) is 70.3 cm³/mol. The van der Waals surface area contributed by atoms with Crippen LogP contribution in [0.2, 0.25) is 0 Å². The number of rotatable bonds is 3. The second-order valence-electron chi connectivity index (χ2n) is 3.71. The summed E-state index contributed by atoms with van der Waals surface area (Å²) < 4.78 is 0. The maximum atomic E-state index is 10.5. The van der Waals surface area contributed by atoms with Gasteiger partial charge in [0.25, 0.3) is 0 Å². The Morgan fingerprint density at radius 3 is 2.71 bits per heavy atom. The number of aliphatic carboxylic acids is 1. The molecule has 92 valence electrons. The Kier molecular flexibility index (Phi) is 4.76. The second-order valence-corrected chi connectivity index (χ2v) is 3.71. The maximum absolute atomic E-state index is 10.5. The lowest BCUT2D eigenvalue weighted by atomic mass is 10.0. The summed E-state index contributed by atoms with van der Waals surface area (Å²) in [6.07, 6.45) is 2.67. The van der Waals surface area contributed by atoms with Crippen LogP contribution in [-0.4, -0.2) is 16.1 Å². The van der Waals surface area contributed by atoms with Gasteiger partial charge in [-0.05, 0) is 30.5 Å². The van der Waals surface area contributed by atoms with Crippen molar-refractivity contribution >= 4 is 16.9 Å². The van der Waals surface area contributed by atoms with Crippen LogP contribution in [0.25, 0.3) is 10.9 Å². The summed E-state index contributed by atoms with van der Waals surface area (Å²) in [5, 5.41) is 9.81. The number of nitrogens with one attached hydrogen (secondary N) is 1. The average Bonchev–Trinajstić information content (AvgIpc) is 2.74. The molecule has 3 nitrogen and oxygen atoms in total. The quantitative estimate of drug-likeness (QED) is 0.852. The third-order valence-electron chi connectivity index (χ3n) is 2.60. The highest BCUT2D eigenvalue weighted by Gasteiger charge is 2.07. The number of carboxylic acids is 1. The zero-order valence-electron chi connectivity index (χ0n) is 10.6. The van der Waals surface area contributed by atoms with E-state index in [1.807, 2.05) is 45.2 Å². The first-order chi connectivity index (χ1) is 8.18. The van der Waals surface area contributed by atoms with Crippen molar-refractivity contribution in [2.75, 3.05) is 0 Å². The van der Waals surface area contributed by atoms with E-state index >= 15 is 0 Å². The molecule has 0 aliphatic rings. The summed E-state index contributed by atoms with van der Waals surface area (Å²) in [5.74, 6) is -0.752. The Labute approximate surface area is 101 Å². The zero-order valence-corrected chi connectivity index (χ0v) is 10.6. The molecule has 0 bridgehead atoms. The molecule has 1 aromatic carbocycles. The molecule has 0 spiro atoms. The SMILES string of the molecule is CC.Cc1cccc2[nH]cc(CCC(=O)O)c12. The van der Waals surface area contributed by atoms with Crippen LogP contribution in [0.5, 0.6) is 0 Å². The molecular weight excluding hydrogens is 214 g/mol. The summed E-state index contributed by atoms with van der Waals surface area (Å²) in [4.78, 5) is 13.7. The minimum absolute atomic E-state index is 0.182. The first-order valence-corrected chi connectivity index (χ1v) is 5.96. The van der Waals surface area contributed by atoms with E-state index in [9.17, 15) is 4.79 Å². The van der Waals surface area contributed by atoms with Gasteiger partial charge >= 0.3 is 5.97 Å². The average molecular weight is 233 g/mol. The molecule has 2 N–H and O–H groups in total. The molecule has 0 aliphatic heterocycles. The fraction of sp³-hybridized carbons (Fsp3) is 0.357. The third-order valence-corrected chi connectivity index (χ3v) is 2.60. The number of hydrogen-bond donors (Lipinski definition) is 2. The van der Waals surface area contributed by atoms with Crippen molar-refractivity contribution in [3.05, 3.63) is 35.5 Å². The van der Waals surface area contributed by atoms with Gasteiger partial charge < -0.3 is 10.1 Å². The van der Waals surface area contributed by atoms with Gasteiger partial charge in [0.2, 0.25) is 0 Å². The summed E-state index contributed by atoms with van der Waals surface area (Å²) in [6, 6.07) is 6.04. The zero-order chi connectivity index (χ0) is 12.8. The van der Waals surface area contributed by atoms with Crippen molar-refractivity contribution in [1.82, 2.24) is 4.98 Å². The predicted octanol–water partition coefficient (Wildman–Crippen LogP) is 3.52. The molecule has 2 rings (SSSR count). The fourth-order valence-electron chi connectivity index (χ4n) is 1.89. The molecule has 0 atom stereocenters. The standard InChI is InChI=1S/C12H13NO2.C2H6/c1-8-3-2-4-10-12(8)9(7-13-10)5-6-11(14)15;1-2/h2-4,7,13H,5-6H2,1H3,(H,14,15);1-2H3. The molecule has 17 heavy (non-hydrogen) atoms. The lowest BCUT2D eigenvalue weighted by Crippen LogP contribution is -1.96. The van der Waals surface area contributed by atoms with Crippen molar-refractivity contribution in [1.29, 1.82) is 0 Å². The number of fused-ring (bicyclic) bond motifs is 1. The van der Waals surface area contributed by atoms with Gasteiger partial charge in [-0.15, -0.1) is 0 Å². The second kappa shape index (κ2) is 6.09. The van der Waals surface area contributed by atoms with Gasteiger partial charge in [-0.1, -0.05) is 26.0 Å². The van der Waals surface area contributed by atoms with E-state index in [0.717, 1.165) is 11.1 Å². The van der Waals surface area contributed by atoms with Gasteiger partial charge in [0.15, 0.2) is 0 Å². The summed E-state index contributed by atoms with van der Waals surface area (Å²) in [7, 11) is 0. The van der Waals surface area contributed by atoms with E-state index < -0.39 is 5.97 Å². The number of hydrogen-bond acceptors (Lipinski definition) is 1. The van der Waals surface area contributed by atoms with Crippen molar-refractivity contribution in [3.63, 3.8) is 0 Å². The van der Waals surface area contributed by atoms with Gasteiger partial charge in [0, 0.05) is 23.5 Å². The van der Waals surface area contributed by atoms with E-state index in [1.165, 1.54) is 10.9 Å². The minimum Gasteiger partial charge on any atom is -0.481 e. The Hall–Kier alpha value is -1.77. The topological polar surface area (TPSA) is 53.1 Å². The van der Waals surface area contributed by atoms with Gasteiger partial charge in [-0.2, -0.15) is 0 Å².